The van der Waals surface area contributed by atoms with Gasteiger partial charge < -0.3 is 20.1 Å². The first-order chi connectivity index (χ1) is 12.9. The highest BCUT2D eigenvalue weighted by molar-refractivity contribution is 5.89. The highest BCUT2D eigenvalue weighted by Gasteiger charge is 2.33. The third-order valence-corrected chi connectivity index (χ3v) is 4.50. The molecule has 7 nitrogen and oxygen atoms in total. The SMILES string of the molecule is COC(=O)[C@H](CC1CC1)NC(=O)[C@@H](NC(=O)OCc1ccccc1)C(C)C. The minimum atomic E-state index is -0.806. The van der Waals surface area contributed by atoms with E-state index in [2.05, 4.69) is 10.6 Å². The second-order valence-corrected chi connectivity index (χ2v) is 7.19. The van der Waals surface area contributed by atoms with Gasteiger partial charge in [-0.2, -0.15) is 0 Å². The fraction of sp³-hybridized carbons (Fsp3) is 0.550. The lowest BCUT2D eigenvalue weighted by molar-refractivity contribution is -0.145. The van der Waals surface area contributed by atoms with Gasteiger partial charge in [0.1, 0.15) is 18.7 Å². The summed E-state index contributed by atoms with van der Waals surface area (Å²) < 4.78 is 9.97. The zero-order valence-electron chi connectivity index (χ0n) is 16.1. The van der Waals surface area contributed by atoms with Crippen molar-refractivity contribution in [1.82, 2.24) is 10.6 Å². The van der Waals surface area contributed by atoms with Crippen LogP contribution < -0.4 is 10.6 Å². The van der Waals surface area contributed by atoms with Crippen molar-refractivity contribution in [2.45, 2.75) is 51.8 Å². The van der Waals surface area contributed by atoms with E-state index in [0.717, 1.165) is 18.4 Å². The molecule has 2 amide bonds. The summed E-state index contributed by atoms with van der Waals surface area (Å²) in [5, 5.41) is 5.31. The molecule has 2 N–H and O–H groups in total. The number of carbonyl (C=O) groups is 3. The molecule has 1 aliphatic rings. The van der Waals surface area contributed by atoms with Crippen LogP contribution in [0, 0.1) is 11.8 Å². The van der Waals surface area contributed by atoms with E-state index >= 15 is 0 Å². The smallest absolute Gasteiger partial charge is 0.408 e. The van der Waals surface area contributed by atoms with Crippen molar-refractivity contribution in [3.8, 4) is 0 Å². The minimum absolute atomic E-state index is 0.117. The molecule has 0 unspecified atom stereocenters. The van der Waals surface area contributed by atoms with E-state index in [1.165, 1.54) is 7.11 Å². The highest BCUT2D eigenvalue weighted by Crippen LogP contribution is 2.33. The Balaban J connectivity index is 1.90. The Morgan fingerprint density at radius 3 is 2.33 bits per heavy atom. The summed E-state index contributed by atoms with van der Waals surface area (Å²) in [6, 6.07) is 7.78. The van der Waals surface area contributed by atoms with E-state index in [9.17, 15) is 14.4 Å². The number of ether oxygens (including phenoxy) is 2. The summed E-state index contributed by atoms with van der Waals surface area (Å²) in [5.41, 5.74) is 0.855. The second-order valence-electron chi connectivity index (χ2n) is 7.19. The van der Waals surface area contributed by atoms with Crippen molar-refractivity contribution < 1.29 is 23.9 Å². The van der Waals surface area contributed by atoms with Crippen LogP contribution in [0.4, 0.5) is 4.79 Å². The number of rotatable bonds is 9. The van der Waals surface area contributed by atoms with Crippen LogP contribution in [-0.2, 0) is 25.7 Å². The molecule has 1 aromatic carbocycles. The predicted molar refractivity (Wildman–Crippen MR) is 99.7 cm³/mol. The monoisotopic (exact) mass is 376 g/mol. The normalized spacial score (nSPS) is 15.6. The predicted octanol–water partition coefficient (Wildman–Crippen LogP) is 2.40. The number of benzene rings is 1. The number of nitrogens with one attached hydrogen (secondary N) is 2. The molecule has 0 radical (unpaired) electrons. The molecular weight excluding hydrogens is 348 g/mol. The van der Waals surface area contributed by atoms with Gasteiger partial charge in [-0.05, 0) is 23.8 Å². The molecule has 2 atom stereocenters. The quantitative estimate of drug-likeness (QED) is 0.646. The Morgan fingerprint density at radius 2 is 1.78 bits per heavy atom. The summed E-state index contributed by atoms with van der Waals surface area (Å²) >= 11 is 0. The number of amides is 2. The average molecular weight is 376 g/mol. The molecular formula is C20H28N2O5. The molecule has 1 aliphatic carbocycles. The Bertz CT molecular complexity index is 643. The number of hydrogen-bond donors (Lipinski definition) is 2. The van der Waals surface area contributed by atoms with Gasteiger partial charge in [-0.15, -0.1) is 0 Å². The molecule has 0 aliphatic heterocycles. The van der Waals surface area contributed by atoms with Gasteiger partial charge in [0.05, 0.1) is 7.11 Å². The Kier molecular flexibility index (Phi) is 7.64. The number of hydrogen-bond acceptors (Lipinski definition) is 5. The number of alkyl carbamates (subject to hydrolysis) is 1. The summed E-state index contributed by atoms with van der Waals surface area (Å²) in [4.78, 5) is 36.7. The van der Waals surface area contributed by atoms with Crippen molar-refractivity contribution >= 4 is 18.0 Å². The highest BCUT2D eigenvalue weighted by atomic mass is 16.5. The third kappa shape index (κ3) is 6.92. The van der Waals surface area contributed by atoms with Crippen LogP contribution >= 0.6 is 0 Å². The van der Waals surface area contributed by atoms with Gasteiger partial charge in [-0.25, -0.2) is 9.59 Å². The van der Waals surface area contributed by atoms with Crippen molar-refractivity contribution in [3.63, 3.8) is 0 Å². The van der Waals surface area contributed by atoms with Gasteiger partial charge in [0, 0.05) is 0 Å². The average Bonchev–Trinajstić information content (AvgIpc) is 3.47. The Hall–Kier alpha value is -2.57. The molecule has 0 spiro atoms. The van der Waals surface area contributed by atoms with Crippen LogP contribution in [0.2, 0.25) is 0 Å². The fourth-order valence-corrected chi connectivity index (χ4v) is 2.73. The first-order valence-electron chi connectivity index (χ1n) is 9.26. The lowest BCUT2D eigenvalue weighted by Gasteiger charge is -2.24. The standard InChI is InChI=1S/C20H28N2O5/c1-13(2)17(22-20(25)27-12-15-7-5-4-6-8-15)18(23)21-16(19(24)26-3)11-14-9-10-14/h4-8,13-14,16-17H,9-12H2,1-3H3,(H,21,23)(H,22,25)/t16-,17-/m0/s1. The van der Waals surface area contributed by atoms with Crippen molar-refractivity contribution in [1.29, 1.82) is 0 Å². The molecule has 0 aromatic heterocycles. The van der Waals surface area contributed by atoms with Gasteiger partial charge in [0.2, 0.25) is 5.91 Å². The molecule has 1 fully saturated rings. The first kappa shape index (κ1) is 20.7. The van der Waals surface area contributed by atoms with E-state index in [0.29, 0.717) is 12.3 Å². The summed E-state index contributed by atoms with van der Waals surface area (Å²) in [5.74, 6) is -0.619. The van der Waals surface area contributed by atoms with Gasteiger partial charge in [0.15, 0.2) is 0 Å². The zero-order chi connectivity index (χ0) is 19.8. The van der Waals surface area contributed by atoms with E-state index < -0.39 is 30.1 Å². The van der Waals surface area contributed by atoms with E-state index in [4.69, 9.17) is 9.47 Å². The van der Waals surface area contributed by atoms with Crippen molar-refractivity contribution in [2.24, 2.45) is 11.8 Å². The zero-order valence-corrected chi connectivity index (χ0v) is 16.1. The fourth-order valence-electron chi connectivity index (χ4n) is 2.73. The molecule has 0 heterocycles. The maximum Gasteiger partial charge on any atom is 0.408 e. The number of esters is 1. The van der Waals surface area contributed by atoms with E-state index in [1.54, 1.807) is 0 Å². The lowest BCUT2D eigenvalue weighted by Crippen LogP contribution is -2.54. The molecule has 7 heteroatoms. The second kappa shape index (κ2) is 9.94. The maximum absolute atomic E-state index is 12.6. The van der Waals surface area contributed by atoms with E-state index in [1.807, 2.05) is 44.2 Å². The topological polar surface area (TPSA) is 93.7 Å². The summed E-state index contributed by atoms with van der Waals surface area (Å²) in [7, 11) is 1.30. The van der Waals surface area contributed by atoms with Gasteiger partial charge >= 0.3 is 12.1 Å². The molecule has 148 valence electrons. The van der Waals surface area contributed by atoms with Gasteiger partial charge in [-0.1, -0.05) is 57.0 Å². The van der Waals surface area contributed by atoms with Gasteiger partial charge in [-0.3, -0.25) is 4.79 Å². The Labute approximate surface area is 159 Å². The van der Waals surface area contributed by atoms with E-state index in [-0.39, 0.29) is 12.5 Å². The Morgan fingerprint density at radius 1 is 1.11 bits per heavy atom. The number of methoxy groups -OCH3 is 1. The maximum atomic E-state index is 12.6. The molecule has 1 saturated carbocycles. The largest absolute Gasteiger partial charge is 0.467 e. The van der Waals surface area contributed by atoms with Crippen molar-refractivity contribution in [2.75, 3.05) is 7.11 Å². The molecule has 27 heavy (non-hydrogen) atoms. The van der Waals surface area contributed by atoms with Crippen LogP contribution in [0.1, 0.15) is 38.7 Å². The lowest BCUT2D eigenvalue weighted by atomic mass is 10.0. The first-order valence-corrected chi connectivity index (χ1v) is 9.26. The van der Waals surface area contributed by atoms with Crippen LogP contribution in [0.15, 0.2) is 30.3 Å². The van der Waals surface area contributed by atoms with Crippen molar-refractivity contribution in [3.05, 3.63) is 35.9 Å². The van der Waals surface area contributed by atoms with Crippen LogP contribution in [0.3, 0.4) is 0 Å². The molecule has 2 rings (SSSR count). The van der Waals surface area contributed by atoms with Crippen LogP contribution in [-0.4, -0.2) is 37.2 Å². The third-order valence-electron chi connectivity index (χ3n) is 4.50. The molecule has 0 bridgehead atoms. The van der Waals surface area contributed by atoms with Gasteiger partial charge in [0.25, 0.3) is 0 Å². The number of carbonyl (C=O) groups excluding carboxylic acids is 3. The van der Waals surface area contributed by atoms with Crippen LogP contribution in [0.25, 0.3) is 0 Å². The molecule has 0 saturated heterocycles. The molecule has 1 aromatic rings. The minimum Gasteiger partial charge on any atom is -0.467 e. The van der Waals surface area contributed by atoms with Crippen LogP contribution in [0.5, 0.6) is 0 Å². The summed E-state index contributed by atoms with van der Waals surface area (Å²) in [6.07, 6.45) is 1.99. The summed E-state index contributed by atoms with van der Waals surface area (Å²) in [6.45, 7) is 3.75.